The van der Waals surface area contributed by atoms with E-state index in [1.165, 1.54) is 0 Å². The predicted molar refractivity (Wildman–Crippen MR) is 78.9 cm³/mol. The van der Waals surface area contributed by atoms with Gasteiger partial charge in [-0.05, 0) is 57.4 Å². The zero-order valence-corrected chi connectivity index (χ0v) is 13.0. The van der Waals surface area contributed by atoms with Gasteiger partial charge in [0.25, 0.3) is 5.91 Å². The van der Waals surface area contributed by atoms with E-state index in [1.807, 2.05) is 39.8 Å². The number of benzene rings is 1. The fourth-order valence-electron chi connectivity index (χ4n) is 1.69. The highest BCUT2D eigenvalue weighted by atomic mass is 35.5. The van der Waals surface area contributed by atoms with Crippen molar-refractivity contribution in [3.8, 4) is 5.75 Å². The molecule has 1 aromatic rings. The molecular weight excluding hydrogens is 262 g/mol. The van der Waals surface area contributed by atoms with Crippen molar-refractivity contribution in [1.82, 2.24) is 5.32 Å². The van der Waals surface area contributed by atoms with Gasteiger partial charge >= 0.3 is 0 Å². The van der Waals surface area contributed by atoms with Crippen molar-refractivity contribution >= 4 is 17.5 Å². The van der Waals surface area contributed by atoms with Crippen LogP contribution in [0, 0.1) is 13.8 Å². The number of aryl methyl sites for hydroxylation is 2. The Morgan fingerprint density at radius 1 is 1.32 bits per heavy atom. The van der Waals surface area contributed by atoms with Gasteiger partial charge in [0.05, 0.1) is 0 Å². The van der Waals surface area contributed by atoms with Gasteiger partial charge in [-0.3, -0.25) is 4.79 Å². The Morgan fingerprint density at radius 2 is 1.84 bits per heavy atom. The molecule has 0 aliphatic carbocycles. The van der Waals surface area contributed by atoms with E-state index in [1.54, 1.807) is 6.92 Å². The van der Waals surface area contributed by atoms with Gasteiger partial charge in [-0.2, -0.15) is 0 Å². The highest BCUT2D eigenvalue weighted by Crippen LogP contribution is 2.26. The first-order valence-corrected chi connectivity index (χ1v) is 6.96. The van der Waals surface area contributed by atoms with E-state index in [0.717, 1.165) is 22.6 Å². The average molecular weight is 284 g/mol. The van der Waals surface area contributed by atoms with Crippen molar-refractivity contribution in [3.63, 3.8) is 0 Å². The lowest BCUT2D eigenvalue weighted by Gasteiger charge is -2.18. The molecule has 3 nitrogen and oxygen atoms in total. The predicted octanol–water partition coefficient (Wildman–Crippen LogP) is 3.64. The van der Waals surface area contributed by atoms with Crippen LogP contribution in [0.2, 0.25) is 5.02 Å². The Hall–Kier alpha value is -1.22. The maximum absolute atomic E-state index is 11.9. The third-order valence-corrected chi connectivity index (χ3v) is 3.69. The van der Waals surface area contributed by atoms with Gasteiger partial charge in [0.2, 0.25) is 0 Å². The molecule has 0 aliphatic heterocycles. The Labute approximate surface area is 120 Å². The molecular formula is C15H22ClNO2. The van der Waals surface area contributed by atoms with Crippen molar-refractivity contribution < 1.29 is 9.53 Å². The molecule has 0 aliphatic rings. The van der Waals surface area contributed by atoms with E-state index in [-0.39, 0.29) is 11.9 Å². The van der Waals surface area contributed by atoms with E-state index in [2.05, 4.69) is 5.32 Å². The molecule has 0 saturated heterocycles. The molecule has 0 radical (unpaired) electrons. The summed E-state index contributed by atoms with van der Waals surface area (Å²) in [5, 5.41) is 3.64. The van der Waals surface area contributed by atoms with Gasteiger partial charge in [0.15, 0.2) is 6.10 Å². The summed E-state index contributed by atoms with van der Waals surface area (Å²) in [6.07, 6.45) is 0.381. The van der Waals surface area contributed by atoms with Gasteiger partial charge in [-0.15, -0.1) is 0 Å². The van der Waals surface area contributed by atoms with Crippen molar-refractivity contribution in [2.24, 2.45) is 0 Å². The number of amides is 1. The highest BCUT2D eigenvalue weighted by molar-refractivity contribution is 6.32. The topological polar surface area (TPSA) is 38.3 Å². The molecule has 4 heteroatoms. The molecule has 0 fully saturated rings. The van der Waals surface area contributed by atoms with Crippen LogP contribution < -0.4 is 10.1 Å². The van der Waals surface area contributed by atoms with Gasteiger partial charge in [-0.1, -0.05) is 18.5 Å². The number of ether oxygens (including phenoxy) is 1. The smallest absolute Gasteiger partial charge is 0.260 e. The maximum atomic E-state index is 11.9. The minimum absolute atomic E-state index is 0.0976. The lowest BCUT2D eigenvalue weighted by atomic mass is 10.1. The summed E-state index contributed by atoms with van der Waals surface area (Å²) in [5.74, 6) is 0.575. The summed E-state index contributed by atoms with van der Waals surface area (Å²) in [4.78, 5) is 11.9. The SMILES string of the molecule is CC[C@@H](C)NC(=O)[C@H](C)Oc1cc(C)c(Cl)c(C)c1. The average Bonchev–Trinajstić information content (AvgIpc) is 2.35. The maximum Gasteiger partial charge on any atom is 0.260 e. The number of hydrogen-bond donors (Lipinski definition) is 1. The Balaban J connectivity index is 2.71. The van der Waals surface area contributed by atoms with Gasteiger partial charge in [0, 0.05) is 11.1 Å². The molecule has 0 bridgehead atoms. The molecule has 2 atom stereocenters. The van der Waals surface area contributed by atoms with Crippen molar-refractivity contribution in [2.45, 2.75) is 53.2 Å². The molecule has 0 aromatic heterocycles. The highest BCUT2D eigenvalue weighted by Gasteiger charge is 2.16. The molecule has 1 amide bonds. The van der Waals surface area contributed by atoms with Gasteiger partial charge < -0.3 is 10.1 Å². The molecule has 0 unspecified atom stereocenters. The first-order chi connectivity index (χ1) is 8.85. The summed E-state index contributed by atoms with van der Waals surface area (Å²) in [5.41, 5.74) is 1.90. The Morgan fingerprint density at radius 3 is 2.32 bits per heavy atom. The lowest BCUT2D eigenvalue weighted by molar-refractivity contribution is -0.127. The van der Waals surface area contributed by atoms with Crippen molar-refractivity contribution in [3.05, 3.63) is 28.3 Å². The summed E-state index contributed by atoms with van der Waals surface area (Å²) in [6.45, 7) is 9.60. The number of carbonyl (C=O) groups excluding carboxylic acids is 1. The number of rotatable bonds is 5. The summed E-state index contributed by atoms with van der Waals surface area (Å²) >= 11 is 6.10. The summed E-state index contributed by atoms with van der Waals surface area (Å²) in [7, 11) is 0. The Kier molecular flexibility index (Phi) is 5.67. The summed E-state index contributed by atoms with van der Waals surface area (Å²) in [6, 6.07) is 3.86. The van der Waals surface area contributed by atoms with E-state index < -0.39 is 6.10 Å². The van der Waals surface area contributed by atoms with Crippen LogP contribution in [0.5, 0.6) is 5.75 Å². The van der Waals surface area contributed by atoms with Crippen LogP contribution in [-0.2, 0) is 4.79 Å². The molecule has 0 heterocycles. The first-order valence-electron chi connectivity index (χ1n) is 6.59. The van der Waals surface area contributed by atoms with E-state index in [0.29, 0.717) is 5.75 Å². The third-order valence-electron chi connectivity index (χ3n) is 3.09. The van der Waals surface area contributed by atoms with Crippen LogP contribution in [0.25, 0.3) is 0 Å². The van der Waals surface area contributed by atoms with Crippen LogP contribution in [0.4, 0.5) is 0 Å². The molecule has 0 spiro atoms. The minimum Gasteiger partial charge on any atom is -0.481 e. The normalized spacial score (nSPS) is 13.8. The molecule has 19 heavy (non-hydrogen) atoms. The van der Waals surface area contributed by atoms with Crippen LogP contribution in [0.15, 0.2) is 12.1 Å². The fourth-order valence-corrected chi connectivity index (χ4v) is 1.80. The number of nitrogens with one attached hydrogen (secondary N) is 1. The van der Waals surface area contributed by atoms with Crippen LogP contribution in [-0.4, -0.2) is 18.1 Å². The van der Waals surface area contributed by atoms with Crippen LogP contribution >= 0.6 is 11.6 Å². The second kappa shape index (κ2) is 6.80. The minimum atomic E-state index is -0.519. The van der Waals surface area contributed by atoms with Crippen molar-refractivity contribution in [2.75, 3.05) is 0 Å². The zero-order chi connectivity index (χ0) is 14.6. The fraction of sp³-hybridized carbons (Fsp3) is 0.533. The molecule has 1 aromatic carbocycles. The molecule has 106 valence electrons. The van der Waals surface area contributed by atoms with Crippen molar-refractivity contribution in [1.29, 1.82) is 0 Å². The largest absolute Gasteiger partial charge is 0.481 e. The number of hydrogen-bond acceptors (Lipinski definition) is 2. The third kappa shape index (κ3) is 4.43. The van der Waals surface area contributed by atoms with Crippen LogP contribution in [0.1, 0.15) is 38.3 Å². The molecule has 0 saturated carbocycles. The number of halogens is 1. The van der Waals surface area contributed by atoms with E-state index in [4.69, 9.17) is 16.3 Å². The number of carbonyl (C=O) groups is 1. The zero-order valence-electron chi connectivity index (χ0n) is 12.2. The Bertz CT molecular complexity index is 436. The first kappa shape index (κ1) is 15.8. The second-order valence-electron chi connectivity index (χ2n) is 4.95. The molecule has 1 rings (SSSR count). The molecule has 1 N–H and O–H groups in total. The summed E-state index contributed by atoms with van der Waals surface area (Å²) < 4.78 is 5.67. The van der Waals surface area contributed by atoms with E-state index >= 15 is 0 Å². The quantitative estimate of drug-likeness (QED) is 0.896. The van der Waals surface area contributed by atoms with Gasteiger partial charge in [0.1, 0.15) is 5.75 Å². The van der Waals surface area contributed by atoms with E-state index in [9.17, 15) is 4.79 Å². The van der Waals surface area contributed by atoms with Crippen LogP contribution in [0.3, 0.4) is 0 Å². The lowest BCUT2D eigenvalue weighted by Crippen LogP contribution is -2.41. The standard InChI is InChI=1S/C15H22ClNO2/c1-6-11(4)17-15(18)12(5)19-13-7-9(2)14(16)10(3)8-13/h7-8,11-12H,6H2,1-5H3,(H,17,18)/t11-,12+/m1/s1. The monoisotopic (exact) mass is 283 g/mol. The second-order valence-corrected chi connectivity index (χ2v) is 5.33. The van der Waals surface area contributed by atoms with Gasteiger partial charge in [-0.25, -0.2) is 0 Å².